The molecule has 1 aromatic rings. The van der Waals surface area contributed by atoms with Crippen molar-refractivity contribution in [2.75, 3.05) is 13.1 Å². The van der Waals surface area contributed by atoms with Crippen LogP contribution in [-0.4, -0.2) is 43.0 Å². The van der Waals surface area contributed by atoms with E-state index < -0.39 is 30.5 Å². The average Bonchev–Trinajstić information content (AvgIpc) is 2.80. The molecule has 0 aliphatic carbocycles. The molecule has 1 saturated heterocycles. The first-order valence-corrected chi connectivity index (χ1v) is 7.48. The molecule has 1 aliphatic heterocycles. The Labute approximate surface area is 113 Å². The second-order valence-corrected chi connectivity index (χ2v) is 6.16. The molecule has 0 saturated carbocycles. The number of hydrogen-bond donors (Lipinski definition) is 3. The Kier molecular flexibility index (Phi) is 3.68. The SMILES string of the molecule is Cc1cn(C2CCN(C(=O)P(=O)(O)O)C2)c(=O)[nH]c1=O. The monoisotopic (exact) mass is 303 g/mol. The summed E-state index contributed by atoms with van der Waals surface area (Å²) in [4.78, 5) is 55.3. The minimum Gasteiger partial charge on any atom is -0.330 e. The Morgan fingerprint density at radius 2 is 2.10 bits per heavy atom. The molecule has 0 spiro atoms. The fourth-order valence-corrected chi connectivity index (χ4v) is 2.73. The Hall–Kier alpha value is -1.70. The Bertz CT molecular complexity index is 702. The summed E-state index contributed by atoms with van der Waals surface area (Å²) in [5.41, 5.74) is -1.97. The van der Waals surface area contributed by atoms with Crippen LogP contribution in [0.25, 0.3) is 0 Å². The highest BCUT2D eigenvalue weighted by atomic mass is 31.2. The number of H-pyrrole nitrogens is 1. The number of nitrogens with zero attached hydrogens (tertiary/aromatic N) is 2. The molecule has 0 aromatic carbocycles. The molecule has 2 rings (SSSR count). The van der Waals surface area contributed by atoms with Gasteiger partial charge in [-0.05, 0) is 13.3 Å². The van der Waals surface area contributed by atoms with Crippen molar-refractivity contribution in [3.05, 3.63) is 32.6 Å². The highest BCUT2D eigenvalue weighted by Gasteiger charge is 2.37. The van der Waals surface area contributed by atoms with E-state index in [9.17, 15) is 18.9 Å². The molecule has 1 aliphatic rings. The summed E-state index contributed by atoms with van der Waals surface area (Å²) < 4.78 is 12.2. The van der Waals surface area contributed by atoms with E-state index in [2.05, 4.69) is 4.98 Å². The summed E-state index contributed by atoms with van der Waals surface area (Å²) in [5.74, 6) is 0. The van der Waals surface area contributed by atoms with Crippen LogP contribution in [0, 0.1) is 6.92 Å². The quantitative estimate of drug-likeness (QED) is 0.624. The largest absolute Gasteiger partial charge is 0.413 e. The maximum absolute atomic E-state index is 11.7. The summed E-state index contributed by atoms with van der Waals surface area (Å²) in [6.45, 7) is 1.72. The van der Waals surface area contributed by atoms with Crippen LogP contribution in [0.3, 0.4) is 0 Å². The van der Waals surface area contributed by atoms with Crippen molar-refractivity contribution in [2.24, 2.45) is 0 Å². The number of hydrogen-bond acceptors (Lipinski definition) is 4. The van der Waals surface area contributed by atoms with E-state index in [0.717, 1.165) is 4.90 Å². The number of aromatic amines is 1. The molecule has 10 heteroatoms. The summed E-state index contributed by atoms with van der Waals surface area (Å²) in [6, 6.07) is -0.409. The van der Waals surface area contributed by atoms with Gasteiger partial charge in [-0.3, -0.25) is 19.1 Å². The van der Waals surface area contributed by atoms with E-state index in [4.69, 9.17) is 9.79 Å². The number of rotatable bonds is 2. The van der Waals surface area contributed by atoms with E-state index >= 15 is 0 Å². The van der Waals surface area contributed by atoms with Crippen molar-refractivity contribution in [1.82, 2.24) is 14.5 Å². The van der Waals surface area contributed by atoms with Crippen LogP contribution in [0.1, 0.15) is 18.0 Å². The third-order valence-electron chi connectivity index (χ3n) is 3.22. The predicted octanol–water partition coefficient (Wildman–Crippen LogP) is -0.610. The number of amides is 1. The Morgan fingerprint density at radius 3 is 2.70 bits per heavy atom. The van der Waals surface area contributed by atoms with Gasteiger partial charge in [-0.15, -0.1) is 0 Å². The first kappa shape index (κ1) is 14.7. The lowest BCUT2D eigenvalue weighted by atomic mass is 10.2. The molecule has 20 heavy (non-hydrogen) atoms. The Balaban J connectivity index is 2.25. The van der Waals surface area contributed by atoms with Gasteiger partial charge in [-0.2, -0.15) is 0 Å². The van der Waals surface area contributed by atoms with Crippen LogP contribution in [0.2, 0.25) is 0 Å². The lowest BCUT2D eigenvalue weighted by Crippen LogP contribution is -2.35. The number of nitrogens with one attached hydrogen (secondary N) is 1. The summed E-state index contributed by atoms with van der Waals surface area (Å²) in [6.07, 6.45) is 1.77. The fraction of sp³-hybridized carbons (Fsp3) is 0.500. The van der Waals surface area contributed by atoms with E-state index in [1.165, 1.54) is 10.8 Å². The fourth-order valence-electron chi connectivity index (χ4n) is 2.18. The van der Waals surface area contributed by atoms with Crippen molar-refractivity contribution in [2.45, 2.75) is 19.4 Å². The number of aromatic nitrogens is 2. The van der Waals surface area contributed by atoms with Gasteiger partial charge in [0.2, 0.25) is 0 Å². The molecule has 1 atom stereocenters. The van der Waals surface area contributed by atoms with Gasteiger partial charge < -0.3 is 14.7 Å². The minimum atomic E-state index is -4.81. The zero-order chi connectivity index (χ0) is 15.1. The topological polar surface area (TPSA) is 133 Å². The Morgan fingerprint density at radius 1 is 1.45 bits per heavy atom. The number of likely N-dealkylation sites (tertiary alicyclic amines) is 1. The standard InChI is InChI=1S/C10H14N3O6P/c1-6-4-13(9(15)11-8(6)14)7-2-3-12(5-7)10(16)20(17,18)19/h4,7H,2-3,5H2,1H3,(H,11,14,15)(H2,17,18,19). The molecule has 110 valence electrons. The van der Waals surface area contributed by atoms with E-state index in [-0.39, 0.29) is 13.1 Å². The van der Waals surface area contributed by atoms with Crippen molar-refractivity contribution in [1.29, 1.82) is 0 Å². The molecule has 3 N–H and O–H groups in total. The molecular formula is C10H14N3O6P. The van der Waals surface area contributed by atoms with Gasteiger partial charge in [0.25, 0.3) is 5.56 Å². The summed E-state index contributed by atoms with van der Waals surface area (Å²) in [5, 5.41) is 0. The van der Waals surface area contributed by atoms with Crippen molar-refractivity contribution < 1.29 is 19.1 Å². The second-order valence-electron chi connectivity index (χ2n) is 4.69. The molecule has 1 amide bonds. The van der Waals surface area contributed by atoms with Crippen LogP contribution in [-0.2, 0) is 4.57 Å². The predicted molar refractivity (Wildman–Crippen MR) is 68.7 cm³/mol. The molecular weight excluding hydrogens is 289 g/mol. The first-order chi connectivity index (χ1) is 9.20. The zero-order valence-corrected chi connectivity index (χ0v) is 11.5. The summed E-state index contributed by atoms with van der Waals surface area (Å²) in [7, 11) is -4.81. The van der Waals surface area contributed by atoms with Crippen LogP contribution in [0.4, 0.5) is 4.79 Å². The van der Waals surface area contributed by atoms with Gasteiger partial charge in [0.15, 0.2) is 0 Å². The molecule has 0 bridgehead atoms. The minimum absolute atomic E-state index is 0.0231. The molecule has 0 radical (unpaired) electrons. The van der Waals surface area contributed by atoms with E-state index in [0.29, 0.717) is 12.0 Å². The maximum Gasteiger partial charge on any atom is 0.413 e. The third kappa shape index (κ3) is 2.74. The molecule has 1 fully saturated rings. The molecule has 2 heterocycles. The second kappa shape index (κ2) is 5.01. The van der Waals surface area contributed by atoms with Crippen LogP contribution in [0.5, 0.6) is 0 Å². The normalized spacial score (nSPS) is 19.4. The van der Waals surface area contributed by atoms with Gasteiger partial charge >= 0.3 is 18.9 Å². The van der Waals surface area contributed by atoms with Crippen LogP contribution < -0.4 is 11.2 Å². The number of carbonyl (C=O) groups is 1. The van der Waals surface area contributed by atoms with Crippen LogP contribution >= 0.6 is 7.60 Å². The van der Waals surface area contributed by atoms with E-state index in [1.807, 2.05) is 0 Å². The van der Waals surface area contributed by atoms with Gasteiger partial charge in [0.05, 0.1) is 6.04 Å². The maximum atomic E-state index is 11.7. The highest BCUT2D eigenvalue weighted by molar-refractivity contribution is 7.69. The highest BCUT2D eigenvalue weighted by Crippen LogP contribution is 2.40. The van der Waals surface area contributed by atoms with Crippen molar-refractivity contribution >= 4 is 13.2 Å². The molecule has 1 unspecified atom stereocenters. The number of aryl methyl sites for hydroxylation is 1. The van der Waals surface area contributed by atoms with Crippen molar-refractivity contribution in [3.8, 4) is 0 Å². The van der Waals surface area contributed by atoms with Gasteiger partial charge in [0.1, 0.15) is 0 Å². The van der Waals surface area contributed by atoms with Crippen LogP contribution in [0.15, 0.2) is 15.8 Å². The lowest BCUT2D eigenvalue weighted by Gasteiger charge is -2.17. The van der Waals surface area contributed by atoms with E-state index in [1.54, 1.807) is 6.92 Å². The van der Waals surface area contributed by atoms with Gasteiger partial charge in [0, 0.05) is 24.8 Å². The number of carbonyl (C=O) groups excluding carboxylic acids is 1. The lowest BCUT2D eigenvalue weighted by molar-refractivity contribution is 0.219. The van der Waals surface area contributed by atoms with Crippen molar-refractivity contribution in [3.63, 3.8) is 0 Å². The van der Waals surface area contributed by atoms with Gasteiger partial charge in [-0.1, -0.05) is 0 Å². The van der Waals surface area contributed by atoms with Gasteiger partial charge in [-0.25, -0.2) is 9.36 Å². The molecule has 9 nitrogen and oxygen atoms in total. The summed E-state index contributed by atoms with van der Waals surface area (Å²) >= 11 is 0. The first-order valence-electron chi connectivity index (χ1n) is 5.87. The third-order valence-corrected chi connectivity index (χ3v) is 4.00. The zero-order valence-electron chi connectivity index (χ0n) is 10.6. The smallest absolute Gasteiger partial charge is 0.330 e. The average molecular weight is 303 g/mol. The molecule has 1 aromatic heterocycles.